The second-order valence-electron chi connectivity index (χ2n) is 9.92. The summed E-state index contributed by atoms with van der Waals surface area (Å²) in [5.41, 5.74) is 1.13. The molecule has 2 heterocycles. The zero-order valence-electron chi connectivity index (χ0n) is 19.4. The highest BCUT2D eigenvalue weighted by molar-refractivity contribution is 6.22. The van der Waals surface area contributed by atoms with Crippen molar-refractivity contribution in [2.45, 2.75) is 25.7 Å². The Morgan fingerprint density at radius 2 is 1.57 bits per heavy atom. The molecule has 2 saturated heterocycles. The molecule has 2 aliphatic carbocycles. The van der Waals surface area contributed by atoms with Crippen molar-refractivity contribution in [2.24, 2.45) is 29.6 Å². The molecular weight excluding hydrogens is 448 g/mol. The molecule has 2 aliphatic heterocycles. The minimum Gasteiger partial charge on any atom is -0.497 e. The number of methoxy groups -OCH3 is 1. The molecule has 2 bridgehead atoms. The normalized spacial score (nSPS) is 29.2. The Hall–Kier alpha value is -3.68. The SMILES string of the molecule is COc1ccc(N2C[C@H](C(=O)Oc3cccc(N4C(=O)[C@H]5[C@H]6CC[C@@H](C6)[C@@H]5C4=O)c3)CC2=O)cc1. The van der Waals surface area contributed by atoms with E-state index in [0.717, 1.165) is 19.3 Å². The van der Waals surface area contributed by atoms with Crippen LogP contribution in [0, 0.1) is 29.6 Å². The Bertz CT molecular complexity index is 1200. The van der Waals surface area contributed by atoms with Crippen molar-refractivity contribution >= 4 is 35.1 Å². The van der Waals surface area contributed by atoms with Crippen molar-refractivity contribution in [3.8, 4) is 11.5 Å². The van der Waals surface area contributed by atoms with Crippen LogP contribution in [0.15, 0.2) is 48.5 Å². The van der Waals surface area contributed by atoms with Crippen LogP contribution in [0.1, 0.15) is 25.7 Å². The number of imide groups is 1. The summed E-state index contributed by atoms with van der Waals surface area (Å²) in [6.45, 7) is 0.221. The smallest absolute Gasteiger partial charge is 0.316 e. The molecule has 0 aromatic heterocycles. The summed E-state index contributed by atoms with van der Waals surface area (Å²) in [5, 5.41) is 0. The zero-order chi connectivity index (χ0) is 24.3. The van der Waals surface area contributed by atoms with Gasteiger partial charge in [-0.05, 0) is 67.5 Å². The fourth-order valence-corrected chi connectivity index (χ4v) is 6.43. The minimum absolute atomic E-state index is 0.0553. The van der Waals surface area contributed by atoms with Crippen LogP contribution in [0.3, 0.4) is 0 Å². The Labute approximate surface area is 202 Å². The second kappa shape index (κ2) is 8.22. The number of anilines is 2. The van der Waals surface area contributed by atoms with Gasteiger partial charge in [-0.2, -0.15) is 0 Å². The lowest BCUT2D eigenvalue weighted by Crippen LogP contribution is -2.32. The maximum atomic E-state index is 13.1. The molecule has 0 N–H and O–H groups in total. The van der Waals surface area contributed by atoms with Gasteiger partial charge in [-0.1, -0.05) is 6.07 Å². The molecule has 4 fully saturated rings. The van der Waals surface area contributed by atoms with E-state index in [2.05, 4.69) is 0 Å². The van der Waals surface area contributed by atoms with Crippen molar-refractivity contribution in [3.05, 3.63) is 48.5 Å². The highest BCUT2D eigenvalue weighted by Crippen LogP contribution is 2.56. The molecule has 2 aromatic carbocycles. The van der Waals surface area contributed by atoms with E-state index in [1.807, 2.05) is 0 Å². The van der Waals surface area contributed by atoms with E-state index in [1.54, 1.807) is 60.5 Å². The summed E-state index contributed by atoms with van der Waals surface area (Å²) in [6, 6.07) is 13.6. The summed E-state index contributed by atoms with van der Waals surface area (Å²) in [6.07, 6.45) is 3.07. The van der Waals surface area contributed by atoms with Crippen LogP contribution in [0.25, 0.3) is 0 Å². The molecule has 3 amide bonds. The highest BCUT2D eigenvalue weighted by atomic mass is 16.5. The van der Waals surface area contributed by atoms with Crippen molar-refractivity contribution in [1.29, 1.82) is 0 Å². The quantitative estimate of drug-likeness (QED) is 0.375. The van der Waals surface area contributed by atoms with Crippen LogP contribution >= 0.6 is 0 Å². The van der Waals surface area contributed by atoms with Gasteiger partial charge in [-0.15, -0.1) is 0 Å². The van der Waals surface area contributed by atoms with Gasteiger partial charge >= 0.3 is 5.97 Å². The number of carbonyl (C=O) groups is 4. The first-order valence-corrected chi connectivity index (χ1v) is 12.1. The summed E-state index contributed by atoms with van der Waals surface area (Å²) >= 11 is 0. The van der Waals surface area contributed by atoms with Gasteiger partial charge in [0.2, 0.25) is 17.7 Å². The molecule has 2 aromatic rings. The minimum atomic E-state index is -0.613. The second-order valence-corrected chi connectivity index (χ2v) is 9.92. The molecule has 6 rings (SSSR count). The topological polar surface area (TPSA) is 93.2 Å². The Morgan fingerprint density at radius 1 is 0.886 bits per heavy atom. The van der Waals surface area contributed by atoms with Crippen LogP contribution in [0.2, 0.25) is 0 Å². The van der Waals surface area contributed by atoms with Crippen molar-refractivity contribution in [1.82, 2.24) is 0 Å². The number of ether oxygens (including phenoxy) is 2. The molecule has 35 heavy (non-hydrogen) atoms. The lowest BCUT2D eigenvalue weighted by molar-refractivity contribution is -0.139. The fraction of sp³-hybridized carbons (Fsp3) is 0.407. The fourth-order valence-electron chi connectivity index (χ4n) is 6.43. The number of esters is 1. The predicted molar refractivity (Wildman–Crippen MR) is 126 cm³/mol. The number of amides is 3. The van der Waals surface area contributed by atoms with Gasteiger partial charge < -0.3 is 14.4 Å². The number of benzene rings is 2. The van der Waals surface area contributed by atoms with E-state index in [0.29, 0.717) is 29.0 Å². The van der Waals surface area contributed by atoms with E-state index in [9.17, 15) is 19.2 Å². The molecule has 0 spiro atoms. The zero-order valence-corrected chi connectivity index (χ0v) is 19.4. The van der Waals surface area contributed by atoms with Crippen molar-refractivity contribution in [3.63, 3.8) is 0 Å². The molecule has 4 aliphatic rings. The Morgan fingerprint density at radius 3 is 2.23 bits per heavy atom. The third-order valence-electron chi connectivity index (χ3n) is 8.06. The van der Waals surface area contributed by atoms with Crippen LogP contribution in [0.4, 0.5) is 11.4 Å². The van der Waals surface area contributed by atoms with Gasteiger partial charge in [0.05, 0.1) is 30.6 Å². The molecule has 8 nitrogen and oxygen atoms in total. The number of hydrogen-bond acceptors (Lipinski definition) is 6. The van der Waals surface area contributed by atoms with Crippen molar-refractivity contribution < 1.29 is 28.7 Å². The van der Waals surface area contributed by atoms with Gasteiger partial charge in [-0.25, -0.2) is 4.90 Å². The average Bonchev–Trinajstić information content (AvgIpc) is 3.63. The monoisotopic (exact) mass is 474 g/mol. The maximum Gasteiger partial charge on any atom is 0.316 e. The van der Waals surface area contributed by atoms with Crippen LogP contribution < -0.4 is 19.3 Å². The van der Waals surface area contributed by atoms with Crippen LogP contribution in [0.5, 0.6) is 11.5 Å². The van der Waals surface area contributed by atoms with Crippen LogP contribution in [-0.4, -0.2) is 37.3 Å². The molecule has 0 unspecified atom stereocenters. The summed E-state index contributed by atoms with van der Waals surface area (Å²) in [5.74, 6) is -0.409. The van der Waals surface area contributed by atoms with Gasteiger partial charge in [0.15, 0.2) is 0 Å². The van der Waals surface area contributed by atoms with Gasteiger partial charge in [-0.3, -0.25) is 19.2 Å². The molecule has 5 atom stereocenters. The number of carbonyl (C=O) groups excluding carboxylic acids is 4. The summed E-state index contributed by atoms with van der Waals surface area (Å²) in [4.78, 5) is 54.5. The highest BCUT2D eigenvalue weighted by Gasteiger charge is 2.61. The first-order chi connectivity index (χ1) is 16.9. The van der Waals surface area contributed by atoms with Gasteiger partial charge in [0, 0.05) is 24.7 Å². The van der Waals surface area contributed by atoms with E-state index in [-0.39, 0.29) is 48.3 Å². The lowest BCUT2D eigenvalue weighted by Gasteiger charge is -2.19. The summed E-state index contributed by atoms with van der Waals surface area (Å²) in [7, 11) is 1.57. The number of fused-ring (bicyclic) bond motifs is 5. The Kier molecular flexibility index (Phi) is 5.12. The maximum absolute atomic E-state index is 13.1. The van der Waals surface area contributed by atoms with Gasteiger partial charge in [0.1, 0.15) is 11.5 Å². The third kappa shape index (κ3) is 3.50. The molecule has 0 radical (unpaired) electrons. The number of nitrogens with zero attached hydrogens (tertiary/aromatic N) is 2. The Balaban J connectivity index is 1.15. The standard InChI is InChI=1S/C27H26N2O6/c1-34-20-9-7-18(8-10-20)28-14-17(12-22(28)30)27(33)35-21-4-2-3-19(13-21)29-25(31)23-15-5-6-16(11-15)24(23)26(29)32/h2-4,7-10,13,15-17,23-24H,5-6,11-12,14H2,1H3/t15-,16-,17+,23-,24-/m0/s1. The molecule has 8 heteroatoms. The molecule has 2 saturated carbocycles. The van der Waals surface area contributed by atoms with Crippen molar-refractivity contribution in [2.75, 3.05) is 23.5 Å². The van der Waals surface area contributed by atoms with E-state index in [4.69, 9.17) is 9.47 Å². The number of hydrogen-bond donors (Lipinski definition) is 0. The first kappa shape index (κ1) is 21.8. The predicted octanol–water partition coefficient (Wildman–Crippen LogP) is 3.19. The van der Waals surface area contributed by atoms with E-state index < -0.39 is 11.9 Å². The first-order valence-electron chi connectivity index (χ1n) is 12.1. The average molecular weight is 475 g/mol. The van der Waals surface area contributed by atoms with E-state index >= 15 is 0 Å². The van der Waals surface area contributed by atoms with Crippen LogP contribution in [-0.2, 0) is 19.2 Å². The third-order valence-corrected chi connectivity index (χ3v) is 8.06. The molecular formula is C27H26N2O6. The molecule has 180 valence electrons. The summed E-state index contributed by atoms with van der Waals surface area (Å²) < 4.78 is 10.8. The number of rotatable bonds is 5. The van der Waals surface area contributed by atoms with E-state index in [1.165, 1.54) is 4.90 Å². The van der Waals surface area contributed by atoms with Gasteiger partial charge in [0.25, 0.3) is 0 Å². The largest absolute Gasteiger partial charge is 0.497 e. The lowest BCUT2D eigenvalue weighted by atomic mass is 9.81.